The van der Waals surface area contributed by atoms with Crippen LogP contribution >= 0.6 is 0 Å². The summed E-state index contributed by atoms with van der Waals surface area (Å²) in [4.78, 5) is 15.3. The van der Waals surface area contributed by atoms with Gasteiger partial charge >= 0.3 is 5.97 Å². The highest BCUT2D eigenvalue weighted by molar-refractivity contribution is 5.77. The fourth-order valence-corrected chi connectivity index (χ4v) is 14.8. The number of rotatable bonds is 27. The lowest BCUT2D eigenvalue weighted by Gasteiger charge is -2.64. The number of carbonyl (C=O) groups is 1. The maximum Gasteiger partial charge on any atom is 0.314 e. The number of hydrogen-bond acceptors (Lipinski definition) is 32. The SMILES string of the molecule is C=C1CC23CCC4C(C)(C(=O)OC5OC(CO)C(O)C(OC6OC(CO)C(O)C(O)C6O)C5OC(O)C(O)C(O)C(O)CC)CCCC4(C)C2CCC1(OC1OC(CO)C(O)C(OC(O)/C(O)=C(/O)C(O)CCO)C1OC(O)/C(O)=C(/O)C(O)CCO)C3. The van der Waals surface area contributed by atoms with Crippen molar-refractivity contribution in [2.75, 3.05) is 33.0 Å². The van der Waals surface area contributed by atoms with Crippen LogP contribution in [-0.4, -0.2) is 298 Å². The van der Waals surface area contributed by atoms with Gasteiger partial charge in [0.2, 0.25) is 18.9 Å². The molecule has 3 heterocycles. The van der Waals surface area contributed by atoms with E-state index in [0.29, 0.717) is 44.1 Å². The quantitative estimate of drug-likeness (QED) is 0.0120. The van der Waals surface area contributed by atoms with Crippen LogP contribution in [0.4, 0.5) is 0 Å². The van der Waals surface area contributed by atoms with Gasteiger partial charge in [0.1, 0.15) is 91.6 Å². The van der Waals surface area contributed by atoms with E-state index in [2.05, 4.69) is 13.5 Å². The first-order valence-electron chi connectivity index (χ1n) is 29.7. The molecule has 4 saturated carbocycles. The summed E-state index contributed by atoms with van der Waals surface area (Å²) in [6, 6.07) is 0. The molecule has 0 radical (unpaired) electrons. The Bertz CT molecular complexity index is 2380. The van der Waals surface area contributed by atoms with Crippen LogP contribution in [0.15, 0.2) is 35.2 Å². The van der Waals surface area contributed by atoms with Gasteiger partial charge in [-0.2, -0.15) is 0 Å². The molecule has 88 heavy (non-hydrogen) atoms. The molecule has 1 spiro atoms. The smallest absolute Gasteiger partial charge is 0.314 e. The summed E-state index contributed by atoms with van der Waals surface area (Å²) in [6.07, 6.45) is -44.3. The van der Waals surface area contributed by atoms with Gasteiger partial charge in [-0.1, -0.05) is 26.8 Å². The zero-order chi connectivity index (χ0) is 65.3. The molecular formula is C56H92O32. The van der Waals surface area contributed by atoms with Gasteiger partial charge in [-0.25, -0.2) is 0 Å². The first kappa shape index (κ1) is 72.3. The Hall–Kier alpha value is -3.15. The zero-order valence-corrected chi connectivity index (χ0v) is 49.1. The van der Waals surface area contributed by atoms with Crippen LogP contribution < -0.4 is 0 Å². The number of hydrogen-bond donors (Lipinski definition) is 22. The molecule has 7 fully saturated rings. The van der Waals surface area contributed by atoms with E-state index in [1.165, 1.54) is 6.92 Å². The number of esters is 1. The first-order valence-corrected chi connectivity index (χ1v) is 29.7. The molecule has 0 amide bonds. The third-order valence-electron chi connectivity index (χ3n) is 19.6. The lowest BCUT2D eigenvalue weighted by molar-refractivity contribution is -0.376. The minimum absolute atomic E-state index is 0.0963. The molecule has 2 bridgehead atoms. The van der Waals surface area contributed by atoms with Gasteiger partial charge in [-0.05, 0) is 93.0 Å². The number of ether oxygens (including phenoxy) is 9. The van der Waals surface area contributed by atoms with Crippen LogP contribution in [-0.2, 0) is 47.4 Å². The van der Waals surface area contributed by atoms with Gasteiger partial charge in [0.25, 0.3) is 0 Å². The minimum Gasteiger partial charge on any atom is -0.506 e. The Labute approximate surface area is 505 Å². The van der Waals surface area contributed by atoms with Gasteiger partial charge in [0.15, 0.2) is 48.0 Å². The highest BCUT2D eigenvalue weighted by Crippen LogP contribution is 2.74. The molecule has 7 rings (SSSR count). The number of carbonyl (C=O) groups excluding carboxylic acids is 1. The second kappa shape index (κ2) is 29.4. The maximum absolute atomic E-state index is 15.3. The largest absolute Gasteiger partial charge is 0.506 e. The second-order valence-corrected chi connectivity index (χ2v) is 25.0. The lowest BCUT2D eigenvalue weighted by atomic mass is 9.41. The van der Waals surface area contributed by atoms with Crippen molar-refractivity contribution in [1.29, 1.82) is 0 Å². The number of aliphatic hydroxyl groups is 22. The predicted octanol–water partition coefficient (Wildman–Crippen LogP) is -5.28. The van der Waals surface area contributed by atoms with E-state index in [1.807, 2.05) is 0 Å². The summed E-state index contributed by atoms with van der Waals surface area (Å²) in [7, 11) is 0. The van der Waals surface area contributed by atoms with E-state index in [1.54, 1.807) is 6.92 Å². The minimum atomic E-state index is -2.62. The molecule has 3 saturated heterocycles. The van der Waals surface area contributed by atoms with Crippen LogP contribution in [0.3, 0.4) is 0 Å². The highest BCUT2D eigenvalue weighted by atomic mass is 16.8. The monoisotopic (exact) mass is 1280 g/mol. The van der Waals surface area contributed by atoms with Crippen LogP contribution in [0, 0.1) is 28.1 Å². The third-order valence-corrected chi connectivity index (χ3v) is 19.6. The van der Waals surface area contributed by atoms with Crippen molar-refractivity contribution in [3.63, 3.8) is 0 Å². The molecule has 29 atom stereocenters. The third kappa shape index (κ3) is 14.0. The van der Waals surface area contributed by atoms with Gasteiger partial charge < -0.3 is 155 Å². The highest BCUT2D eigenvalue weighted by Gasteiger charge is 2.70. The molecule has 0 aromatic heterocycles. The fraction of sp³-hybridized carbons (Fsp3) is 0.875. The average Bonchev–Trinajstić information content (AvgIpc) is 1.42. The Morgan fingerprint density at radius 1 is 0.591 bits per heavy atom. The first-order chi connectivity index (χ1) is 41.4. The van der Waals surface area contributed by atoms with Gasteiger partial charge in [0, 0.05) is 26.1 Å². The molecular weight excluding hydrogens is 1180 g/mol. The lowest BCUT2D eigenvalue weighted by Crippen LogP contribution is -2.66. The van der Waals surface area contributed by atoms with Crippen LogP contribution in [0.2, 0.25) is 0 Å². The normalized spacial score (nSPS) is 42.7. The fourth-order valence-electron chi connectivity index (χ4n) is 14.8. The molecule has 22 N–H and O–H groups in total. The van der Waals surface area contributed by atoms with Crippen molar-refractivity contribution in [1.82, 2.24) is 0 Å². The second-order valence-electron chi connectivity index (χ2n) is 25.0. The Morgan fingerprint density at radius 2 is 1.10 bits per heavy atom. The van der Waals surface area contributed by atoms with Crippen molar-refractivity contribution in [3.8, 4) is 0 Å². The van der Waals surface area contributed by atoms with Crippen molar-refractivity contribution in [2.45, 2.75) is 245 Å². The molecule has 3 aliphatic heterocycles. The van der Waals surface area contributed by atoms with E-state index >= 15 is 4.79 Å². The van der Waals surface area contributed by atoms with Crippen molar-refractivity contribution in [3.05, 3.63) is 35.2 Å². The summed E-state index contributed by atoms with van der Waals surface area (Å²) < 4.78 is 53.7. The van der Waals surface area contributed by atoms with Crippen LogP contribution in [0.5, 0.6) is 0 Å². The van der Waals surface area contributed by atoms with Crippen molar-refractivity contribution in [2.24, 2.45) is 28.1 Å². The standard InChI is InChI=1S/C56H92O32/c1-5-23(62)31(65)38(72)47(77)84-44-43(86-49-41(75)37(71)34(68)26(18-59)80-49)36(70)27(19-60)81-50(44)87-52(79)54(4)12-6-11-53(3)29(54)7-13-55-17-22(2)56(21-55,14-8-30(53)55)88-51-45(85-48(78)40(74)33(67)25(64)10-16-58)42(35(69)28(20-61)82-51)83-46(76)39(73)32(66)24(63)9-15-57/h23-31,34-38,41-51,57-78H,2,5-21H2,1,3-4H3/b39-32-,40-33-. The van der Waals surface area contributed by atoms with Crippen molar-refractivity contribution < 1.29 is 160 Å². The topological polar surface area (TPSA) is 545 Å². The van der Waals surface area contributed by atoms with Gasteiger partial charge in [-0.15, -0.1) is 0 Å². The summed E-state index contributed by atoms with van der Waals surface area (Å²) in [5.74, 6) is -6.84. The van der Waals surface area contributed by atoms with E-state index in [4.69, 9.17) is 42.6 Å². The molecule has 7 aliphatic rings. The maximum atomic E-state index is 15.3. The molecule has 4 aliphatic carbocycles. The Kier molecular flexibility index (Phi) is 24.2. The van der Waals surface area contributed by atoms with Gasteiger partial charge in [0.05, 0.1) is 36.9 Å². The molecule has 508 valence electrons. The molecule has 0 aromatic carbocycles. The van der Waals surface area contributed by atoms with Gasteiger partial charge in [-0.3, -0.25) is 4.79 Å². The molecule has 32 heteroatoms. The average molecular weight is 1280 g/mol. The zero-order valence-electron chi connectivity index (χ0n) is 49.1. The predicted molar refractivity (Wildman–Crippen MR) is 289 cm³/mol. The summed E-state index contributed by atoms with van der Waals surface area (Å²) in [5, 5.41) is 234. The molecule has 0 aromatic rings. The number of aliphatic hydroxyl groups excluding tert-OH is 22. The van der Waals surface area contributed by atoms with Crippen molar-refractivity contribution >= 4 is 5.97 Å². The molecule has 29 unspecified atom stereocenters. The Balaban J connectivity index is 1.18. The Morgan fingerprint density at radius 3 is 1.66 bits per heavy atom. The summed E-state index contributed by atoms with van der Waals surface area (Å²) in [6.45, 7) is 5.48. The van der Waals surface area contributed by atoms with E-state index in [0.717, 1.165) is 0 Å². The summed E-state index contributed by atoms with van der Waals surface area (Å²) in [5.41, 5.74) is -3.52. The van der Waals surface area contributed by atoms with E-state index in [-0.39, 0.29) is 31.6 Å². The van der Waals surface area contributed by atoms with E-state index < -0.39 is 244 Å². The van der Waals surface area contributed by atoms with Crippen LogP contribution in [0.25, 0.3) is 0 Å². The van der Waals surface area contributed by atoms with Crippen LogP contribution in [0.1, 0.15) is 97.8 Å². The molecule has 32 nitrogen and oxygen atoms in total. The summed E-state index contributed by atoms with van der Waals surface area (Å²) >= 11 is 0. The van der Waals surface area contributed by atoms with E-state index in [9.17, 15) is 112 Å². The number of fused-ring (bicyclic) bond motifs is 3.